The largest absolute Gasteiger partial charge is 0.324 e. The molecule has 0 aromatic rings. The third-order valence-electron chi connectivity index (χ3n) is 0.673. The van der Waals surface area contributed by atoms with Crippen molar-refractivity contribution in [2.75, 3.05) is 0 Å². The van der Waals surface area contributed by atoms with Crippen LogP contribution in [0.15, 0.2) is 0 Å². The van der Waals surface area contributed by atoms with Crippen molar-refractivity contribution in [3.63, 3.8) is 0 Å². The van der Waals surface area contributed by atoms with Gasteiger partial charge in [0.1, 0.15) is 0 Å². The fourth-order valence-electron chi connectivity index (χ4n) is 0.231. The van der Waals surface area contributed by atoms with E-state index in [1.165, 1.54) is 20.8 Å². The first-order valence-electron chi connectivity index (χ1n) is 2.44. The Labute approximate surface area is 55.3 Å². The molecule has 0 nitrogen and oxygen atoms in total. The van der Waals surface area contributed by atoms with Crippen molar-refractivity contribution in [3.05, 3.63) is 0 Å². The van der Waals surface area contributed by atoms with Crippen molar-refractivity contribution in [1.29, 1.82) is 0 Å². The Kier molecular flexibility index (Phi) is 2.73. The van der Waals surface area contributed by atoms with E-state index in [4.69, 9.17) is 0 Å². The molecule has 0 spiro atoms. The SMILES string of the molecule is CC(C)(C)S(F)=C(F)F. The first-order chi connectivity index (χ1) is 3.85. The Bertz CT molecular complexity index is 130. The number of halogens is 3. The van der Waals surface area contributed by atoms with Gasteiger partial charge in [-0.15, -0.1) is 0 Å². The van der Waals surface area contributed by atoms with Crippen LogP contribution >= 0.6 is 10.9 Å². The van der Waals surface area contributed by atoms with Crippen LogP contribution < -0.4 is 0 Å². The molecule has 0 bridgehead atoms. The highest BCUT2D eigenvalue weighted by molar-refractivity contribution is 8.12. The lowest BCUT2D eigenvalue weighted by atomic mass is 10.3. The van der Waals surface area contributed by atoms with E-state index in [1.807, 2.05) is 0 Å². The van der Waals surface area contributed by atoms with Gasteiger partial charge < -0.3 is 0 Å². The van der Waals surface area contributed by atoms with Crippen LogP contribution in [0.3, 0.4) is 0 Å². The summed E-state index contributed by atoms with van der Waals surface area (Å²) in [5.74, 6) is 0. The van der Waals surface area contributed by atoms with Crippen molar-refractivity contribution in [2.45, 2.75) is 25.5 Å². The van der Waals surface area contributed by atoms with Crippen molar-refractivity contribution in [3.8, 4) is 0 Å². The molecule has 0 amide bonds. The van der Waals surface area contributed by atoms with E-state index < -0.39 is 21.0 Å². The van der Waals surface area contributed by atoms with Gasteiger partial charge in [-0.1, -0.05) is 0 Å². The van der Waals surface area contributed by atoms with Gasteiger partial charge in [-0.25, -0.2) is 0 Å². The highest BCUT2D eigenvalue weighted by Crippen LogP contribution is 2.34. The van der Waals surface area contributed by atoms with Crippen LogP contribution in [0.5, 0.6) is 0 Å². The second kappa shape index (κ2) is 2.73. The van der Waals surface area contributed by atoms with E-state index in [0.29, 0.717) is 0 Å². The first-order valence-corrected chi connectivity index (χ1v) is 3.57. The maximum Gasteiger partial charge on any atom is 0.324 e. The third kappa shape index (κ3) is 2.89. The first kappa shape index (κ1) is 9.01. The Balaban J connectivity index is 4.40. The Hall–Kier alpha value is 0.01000. The van der Waals surface area contributed by atoms with E-state index in [1.54, 1.807) is 0 Å². The monoisotopic (exact) mass is 158 g/mol. The van der Waals surface area contributed by atoms with Crippen LogP contribution in [-0.4, -0.2) is 10.1 Å². The molecule has 0 aliphatic heterocycles. The fourth-order valence-corrected chi connectivity index (χ4v) is 0.694. The van der Waals surface area contributed by atoms with Crippen molar-refractivity contribution in [2.24, 2.45) is 0 Å². The van der Waals surface area contributed by atoms with Crippen LogP contribution in [0.4, 0.5) is 12.7 Å². The molecule has 1 unspecified atom stereocenters. The summed E-state index contributed by atoms with van der Waals surface area (Å²) in [5, 5.41) is -2.11. The standard InChI is InChI=1S/C5H9F3S/c1-5(2,3)9(8)4(6)7/h1-3H3. The van der Waals surface area contributed by atoms with Crippen LogP contribution in [0.2, 0.25) is 0 Å². The third-order valence-corrected chi connectivity index (χ3v) is 2.02. The second-order valence-electron chi connectivity index (χ2n) is 2.59. The molecule has 0 aromatic carbocycles. The van der Waals surface area contributed by atoms with Gasteiger partial charge in [0.15, 0.2) is 0 Å². The molecular formula is C5H9F3S. The molecule has 0 fully saturated rings. The molecule has 56 valence electrons. The van der Waals surface area contributed by atoms with Crippen molar-refractivity contribution in [1.82, 2.24) is 0 Å². The van der Waals surface area contributed by atoms with Gasteiger partial charge in [-0.05, 0) is 20.8 Å². The molecule has 0 aliphatic rings. The lowest BCUT2D eigenvalue weighted by Gasteiger charge is -2.14. The van der Waals surface area contributed by atoms with Gasteiger partial charge in [0.2, 0.25) is 0 Å². The maximum atomic E-state index is 12.3. The van der Waals surface area contributed by atoms with E-state index >= 15 is 0 Å². The average molecular weight is 158 g/mol. The quantitative estimate of drug-likeness (QED) is 0.375. The minimum atomic E-state index is -2.36. The summed E-state index contributed by atoms with van der Waals surface area (Å²) in [7, 11) is -2.36. The summed E-state index contributed by atoms with van der Waals surface area (Å²) in [4.78, 5) is 0. The topological polar surface area (TPSA) is 0 Å². The zero-order valence-corrected chi connectivity index (χ0v) is 6.36. The van der Waals surface area contributed by atoms with Crippen LogP contribution in [0, 0.1) is 0 Å². The molecular weight excluding hydrogens is 149 g/mol. The Morgan fingerprint density at radius 2 is 1.56 bits per heavy atom. The van der Waals surface area contributed by atoms with Crippen LogP contribution in [-0.2, 0) is 0 Å². The van der Waals surface area contributed by atoms with E-state index in [0.717, 1.165) is 0 Å². The predicted molar refractivity (Wildman–Crippen MR) is 35.7 cm³/mol. The zero-order valence-electron chi connectivity index (χ0n) is 5.54. The van der Waals surface area contributed by atoms with Crippen LogP contribution in [0.1, 0.15) is 20.8 Å². The molecule has 9 heavy (non-hydrogen) atoms. The van der Waals surface area contributed by atoms with Crippen molar-refractivity contribution >= 4 is 16.2 Å². The Morgan fingerprint density at radius 1 is 1.22 bits per heavy atom. The summed E-state index contributed by atoms with van der Waals surface area (Å²) in [5.41, 5.74) is 0. The van der Waals surface area contributed by atoms with Gasteiger partial charge in [0, 0.05) is 4.75 Å². The molecule has 0 aromatic heterocycles. The highest BCUT2D eigenvalue weighted by atomic mass is 32.2. The van der Waals surface area contributed by atoms with Gasteiger partial charge in [-0.2, -0.15) is 12.7 Å². The Morgan fingerprint density at radius 3 is 1.56 bits per heavy atom. The van der Waals surface area contributed by atoms with Gasteiger partial charge in [0.25, 0.3) is 0 Å². The fraction of sp³-hybridized carbons (Fsp3) is 0.800. The summed E-state index contributed by atoms with van der Waals surface area (Å²) in [6.07, 6.45) is 0. The molecule has 0 saturated heterocycles. The van der Waals surface area contributed by atoms with E-state index in [2.05, 4.69) is 0 Å². The zero-order chi connectivity index (χ0) is 7.65. The normalized spacial score (nSPS) is 15.3. The van der Waals surface area contributed by atoms with Gasteiger partial charge >= 0.3 is 5.37 Å². The molecule has 4 heteroatoms. The molecule has 1 atom stereocenters. The summed E-state index contributed by atoms with van der Waals surface area (Å²) >= 11 is 0. The highest BCUT2D eigenvalue weighted by Gasteiger charge is 2.20. The van der Waals surface area contributed by atoms with E-state index in [-0.39, 0.29) is 0 Å². The molecule has 0 radical (unpaired) electrons. The lowest BCUT2D eigenvalue weighted by Crippen LogP contribution is -2.09. The summed E-state index contributed by atoms with van der Waals surface area (Å²) < 4.78 is 34.3. The average Bonchev–Trinajstić information content (AvgIpc) is 1.62. The summed E-state index contributed by atoms with van der Waals surface area (Å²) in [6.45, 7) is 4.32. The number of rotatable bonds is 0. The molecule has 0 aliphatic carbocycles. The maximum absolute atomic E-state index is 12.3. The predicted octanol–water partition coefficient (Wildman–Crippen LogP) is 2.96. The second-order valence-corrected chi connectivity index (χ2v) is 4.64. The summed E-state index contributed by atoms with van der Waals surface area (Å²) in [6, 6.07) is 0. The minimum absolute atomic E-state index is 0.946. The van der Waals surface area contributed by atoms with Gasteiger partial charge in [-0.3, -0.25) is 0 Å². The van der Waals surface area contributed by atoms with E-state index in [9.17, 15) is 12.7 Å². The lowest BCUT2D eigenvalue weighted by molar-refractivity contribution is 0.633. The van der Waals surface area contributed by atoms with Crippen LogP contribution in [0.25, 0.3) is 0 Å². The molecule has 0 heterocycles. The number of hydrogen-bond donors (Lipinski definition) is 0. The smallest absolute Gasteiger partial charge is 0.168 e. The van der Waals surface area contributed by atoms with Gasteiger partial charge in [0.05, 0.1) is 10.9 Å². The molecule has 0 rings (SSSR count). The molecule has 0 saturated carbocycles. The number of hydrogen-bond acceptors (Lipinski definition) is 0. The molecule has 0 N–H and O–H groups in total. The minimum Gasteiger partial charge on any atom is -0.168 e. The van der Waals surface area contributed by atoms with Crippen molar-refractivity contribution < 1.29 is 12.7 Å².